The van der Waals surface area contributed by atoms with Crippen LogP contribution in [0, 0.1) is 5.92 Å². The van der Waals surface area contributed by atoms with Crippen molar-refractivity contribution in [3.8, 4) is 0 Å². The van der Waals surface area contributed by atoms with Crippen LogP contribution in [0.1, 0.15) is 48.7 Å². The van der Waals surface area contributed by atoms with E-state index in [0.29, 0.717) is 11.1 Å². The van der Waals surface area contributed by atoms with Crippen LogP contribution in [0.15, 0.2) is 48.5 Å². The van der Waals surface area contributed by atoms with Gasteiger partial charge in [0.05, 0.1) is 17.1 Å². The average molecular weight is 387 g/mol. The zero-order valence-corrected chi connectivity index (χ0v) is 15.1. The summed E-state index contributed by atoms with van der Waals surface area (Å²) >= 11 is 0. The standard InChI is InChI=1S/C21H20F3N3O/c22-21(23,24)20-25-16-11-10-15(12-17(16)26-20)18(13-6-2-1-3-7-13)27-19(28)14-8-4-5-9-14/h1-3,6-7,10-12,14,18H,4-5,8-9H2,(H,25,26)(H,27,28). The van der Waals surface area contributed by atoms with Crippen molar-refractivity contribution < 1.29 is 18.0 Å². The van der Waals surface area contributed by atoms with Gasteiger partial charge in [0.25, 0.3) is 0 Å². The van der Waals surface area contributed by atoms with Gasteiger partial charge < -0.3 is 10.3 Å². The lowest BCUT2D eigenvalue weighted by atomic mass is 9.97. The molecule has 0 spiro atoms. The van der Waals surface area contributed by atoms with Crippen molar-refractivity contribution in [2.24, 2.45) is 5.92 Å². The molecule has 0 saturated heterocycles. The maximum absolute atomic E-state index is 12.9. The number of aromatic nitrogens is 2. The van der Waals surface area contributed by atoms with Gasteiger partial charge in [0, 0.05) is 5.92 Å². The van der Waals surface area contributed by atoms with Crippen molar-refractivity contribution in [3.05, 3.63) is 65.5 Å². The molecule has 0 bridgehead atoms. The number of H-pyrrole nitrogens is 1. The Hall–Kier alpha value is -2.83. The molecule has 1 aliphatic rings. The molecule has 1 aliphatic carbocycles. The van der Waals surface area contributed by atoms with Gasteiger partial charge in [0.1, 0.15) is 0 Å². The van der Waals surface area contributed by atoms with Crippen molar-refractivity contribution >= 4 is 16.9 Å². The van der Waals surface area contributed by atoms with E-state index in [4.69, 9.17) is 0 Å². The van der Waals surface area contributed by atoms with E-state index >= 15 is 0 Å². The molecule has 2 aromatic carbocycles. The number of aromatic amines is 1. The van der Waals surface area contributed by atoms with Gasteiger partial charge in [-0.1, -0.05) is 49.2 Å². The van der Waals surface area contributed by atoms with Gasteiger partial charge in [-0.25, -0.2) is 4.98 Å². The first kappa shape index (κ1) is 18.5. The first-order valence-electron chi connectivity index (χ1n) is 9.34. The minimum absolute atomic E-state index is 0.000991. The van der Waals surface area contributed by atoms with Gasteiger partial charge >= 0.3 is 6.18 Å². The molecule has 28 heavy (non-hydrogen) atoms. The Bertz CT molecular complexity index is 975. The number of nitrogens with zero attached hydrogens (tertiary/aromatic N) is 1. The summed E-state index contributed by atoms with van der Waals surface area (Å²) in [5.41, 5.74) is 2.12. The van der Waals surface area contributed by atoms with Crippen LogP contribution in [0.3, 0.4) is 0 Å². The number of rotatable bonds is 4. The third kappa shape index (κ3) is 3.74. The summed E-state index contributed by atoms with van der Waals surface area (Å²) in [6.07, 6.45) is -0.679. The molecule has 1 heterocycles. The molecule has 1 amide bonds. The number of carbonyl (C=O) groups excluding carboxylic acids is 1. The predicted molar refractivity (Wildman–Crippen MR) is 99.5 cm³/mol. The normalized spacial score (nSPS) is 16.4. The highest BCUT2D eigenvalue weighted by atomic mass is 19.4. The lowest BCUT2D eigenvalue weighted by molar-refractivity contribution is -0.144. The molecule has 4 rings (SSSR count). The Balaban J connectivity index is 1.70. The Morgan fingerprint density at radius 3 is 2.46 bits per heavy atom. The van der Waals surface area contributed by atoms with E-state index in [1.54, 1.807) is 18.2 Å². The lowest BCUT2D eigenvalue weighted by Gasteiger charge is -2.22. The molecule has 0 aliphatic heterocycles. The van der Waals surface area contributed by atoms with E-state index in [2.05, 4.69) is 15.3 Å². The van der Waals surface area contributed by atoms with Crippen LogP contribution in [-0.4, -0.2) is 15.9 Å². The highest BCUT2D eigenvalue weighted by molar-refractivity contribution is 5.81. The maximum Gasteiger partial charge on any atom is 0.449 e. The summed E-state index contributed by atoms with van der Waals surface area (Å²) in [7, 11) is 0. The molecular weight excluding hydrogens is 367 g/mol. The molecule has 1 atom stereocenters. The molecule has 1 fully saturated rings. The molecular formula is C21H20F3N3O. The second-order valence-electron chi connectivity index (χ2n) is 7.19. The first-order chi connectivity index (χ1) is 13.4. The van der Waals surface area contributed by atoms with E-state index < -0.39 is 18.0 Å². The van der Waals surface area contributed by atoms with Crippen LogP contribution in [0.5, 0.6) is 0 Å². The van der Waals surface area contributed by atoms with Crippen molar-refractivity contribution in [2.45, 2.75) is 37.9 Å². The SMILES string of the molecule is O=C(NC(c1ccccc1)c1ccc2nc(C(F)(F)F)[nH]c2c1)C1CCCC1. The zero-order chi connectivity index (χ0) is 19.7. The smallest absolute Gasteiger partial charge is 0.345 e. The molecule has 3 aromatic rings. The average Bonchev–Trinajstić information content (AvgIpc) is 3.35. The Kier molecular flexibility index (Phi) is 4.83. The third-order valence-electron chi connectivity index (χ3n) is 5.25. The fourth-order valence-electron chi connectivity index (χ4n) is 3.79. The van der Waals surface area contributed by atoms with Gasteiger partial charge in [-0.3, -0.25) is 4.79 Å². The monoisotopic (exact) mass is 387 g/mol. The summed E-state index contributed by atoms with van der Waals surface area (Å²) in [5, 5.41) is 3.10. The van der Waals surface area contributed by atoms with Gasteiger partial charge in [0.15, 0.2) is 0 Å². The summed E-state index contributed by atoms with van der Waals surface area (Å²) < 4.78 is 38.8. The van der Waals surface area contributed by atoms with Crippen LogP contribution < -0.4 is 5.32 Å². The number of imidazole rings is 1. The molecule has 1 aromatic heterocycles. The predicted octanol–water partition coefficient (Wildman–Crippen LogP) is 4.98. The minimum Gasteiger partial charge on any atom is -0.345 e. The van der Waals surface area contributed by atoms with Crippen LogP contribution in [0.2, 0.25) is 0 Å². The zero-order valence-electron chi connectivity index (χ0n) is 15.1. The summed E-state index contributed by atoms with van der Waals surface area (Å²) in [6.45, 7) is 0. The minimum atomic E-state index is -4.53. The second kappa shape index (κ2) is 7.30. The van der Waals surface area contributed by atoms with E-state index in [1.165, 1.54) is 0 Å². The Labute approximate surface area is 160 Å². The number of amides is 1. The number of hydrogen-bond donors (Lipinski definition) is 2. The van der Waals surface area contributed by atoms with Crippen molar-refractivity contribution in [3.63, 3.8) is 0 Å². The van der Waals surface area contributed by atoms with Gasteiger partial charge in [-0.05, 0) is 36.1 Å². The summed E-state index contributed by atoms with van der Waals surface area (Å²) in [5.74, 6) is -1.03. The van der Waals surface area contributed by atoms with Crippen LogP contribution in [-0.2, 0) is 11.0 Å². The number of hydrogen-bond acceptors (Lipinski definition) is 2. The van der Waals surface area contributed by atoms with Crippen molar-refractivity contribution in [1.82, 2.24) is 15.3 Å². The Morgan fingerprint density at radius 2 is 1.79 bits per heavy atom. The summed E-state index contributed by atoms with van der Waals surface area (Å²) in [6, 6.07) is 13.9. The lowest BCUT2D eigenvalue weighted by Crippen LogP contribution is -2.33. The number of benzene rings is 2. The highest BCUT2D eigenvalue weighted by Crippen LogP contribution is 2.31. The molecule has 0 radical (unpaired) electrons. The van der Waals surface area contributed by atoms with Crippen LogP contribution in [0.4, 0.5) is 13.2 Å². The van der Waals surface area contributed by atoms with Crippen molar-refractivity contribution in [1.29, 1.82) is 0 Å². The maximum atomic E-state index is 12.9. The van der Waals surface area contributed by atoms with Gasteiger partial charge in [0.2, 0.25) is 11.7 Å². The molecule has 1 unspecified atom stereocenters. The third-order valence-corrected chi connectivity index (χ3v) is 5.25. The number of fused-ring (bicyclic) bond motifs is 1. The molecule has 7 heteroatoms. The highest BCUT2D eigenvalue weighted by Gasteiger charge is 2.35. The molecule has 1 saturated carbocycles. The topological polar surface area (TPSA) is 57.8 Å². The fraction of sp³-hybridized carbons (Fsp3) is 0.333. The number of nitrogens with one attached hydrogen (secondary N) is 2. The second-order valence-corrected chi connectivity index (χ2v) is 7.19. The number of halogens is 3. The largest absolute Gasteiger partial charge is 0.449 e. The van der Waals surface area contributed by atoms with E-state index in [1.807, 2.05) is 30.3 Å². The molecule has 4 nitrogen and oxygen atoms in total. The number of alkyl halides is 3. The fourth-order valence-corrected chi connectivity index (χ4v) is 3.79. The van der Waals surface area contributed by atoms with Crippen LogP contribution >= 0.6 is 0 Å². The number of carbonyl (C=O) groups is 1. The first-order valence-corrected chi connectivity index (χ1v) is 9.34. The Morgan fingerprint density at radius 1 is 1.07 bits per heavy atom. The van der Waals surface area contributed by atoms with E-state index in [0.717, 1.165) is 31.2 Å². The van der Waals surface area contributed by atoms with Gasteiger partial charge in [-0.2, -0.15) is 13.2 Å². The van der Waals surface area contributed by atoms with Crippen LogP contribution in [0.25, 0.3) is 11.0 Å². The van der Waals surface area contributed by atoms with Crippen molar-refractivity contribution in [2.75, 3.05) is 0 Å². The quantitative estimate of drug-likeness (QED) is 0.664. The summed E-state index contributed by atoms with van der Waals surface area (Å²) in [4.78, 5) is 18.7. The van der Waals surface area contributed by atoms with E-state index in [9.17, 15) is 18.0 Å². The molecule has 146 valence electrons. The molecule has 2 N–H and O–H groups in total. The van der Waals surface area contributed by atoms with E-state index in [-0.39, 0.29) is 17.3 Å². The van der Waals surface area contributed by atoms with Gasteiger partial charge in [-0.15, -0.1) is 0 Å².